The predicted molar refractivity (Wildman–Crippen MR) is 69.8 cm³/mol. The van der Waals surface area contributed by atoms with E-state index < -0.39 is 0 Å². The fourth-order valence-corrected chi connectivity index (χ4v) is 2.34. The van der Waals surface area contributed by atoms with Crippen LogP contribution in [0.4, 0.5) is 4.39 Å². The second-order valence-corrected chi connectivity index (χ2v) is 6.17. The molecule has 2 aromatic rings. The Morgan fingerprint density at radius 1 is 1.26 bits per heavy atom. The summed E-state index contributed by atoms with van der Waals surface area (Å²) >= 11 is 0. The monoisotopic (exact) mass is 260 g/mol. The lowest BCUT2D eigenvalue weighted by Crippen LogP contribution is -2.15. The maximum atomic E-state index is 14.3. The summed E-state index contributed by atoms with van der Waals surface area (Å²) < 4.78 is 15.9. The van der Waals surface area contributed by atoms with Gasteiger partial charge in [-0.15, -0.1) is 5.10 Å². The highest BCUT2D eigenvalue weighted by atomic mass is 19.1. The van der Waals surface area contributed by atoms with E-state index in [4.69, 9.17) is 0 Å². The molecule has 0 bridgehead atoms. The lowest BCUT2D eigenvalue weighted by molar-refractivity contribution is 0.520. The van der Waals surface area contributed by atoms with Gasteiger partial charge in [-0.05, 0) is 57.9 Å². The van der Waals surface area contributed by atoms with Gasteiger partial charge in [0.15, 0.2) is 0 Å². The van der Waals surface area contributed by atoms with Gasteiger partial charge in [-0.1, -0.05) is 20.8 Å². The van der Waals surface area contributed by atoms with Crippen molar-refractivity contribution in [3.8, 4) is 5.69 Å². The third-order valence-electron chi connectivity index (χ3n) is 3.54. The van der Waals surface area contributed by atoms with Crippen molar-refractivity contribution in [3.63, 3.8) is 0 Å². The van der Waals surface area contributed by atoms with Gasteiger partial charge in [0, 0.05) is 0 Å². The van der Waals surface area contributed by atoms with Crippen molar-refractivity contribution in [2.24, 2.45) is 0 Å². The topological polar surface area (TPSA) is 43.6 Å². The number of hydrogen-bond acceptors (Lipinski definition) is 3. The van der Waals surface area contributed by atoms with Crippen molar-refractivity contribution in [3.05, 3.63) is 35.4 Å². The molecule has 1 heterocycles. The van der Waals surface area contributed by atoms with Crippen LogP contribution >= 0.6 is 0 Å². The van der Waals surface area contributed by atoms with E-state index in [9.17, 15) is 4.39 Å². The summed E-state index contributed by atoms with van der Waals surface area (Å²) in [6.45, 7) is 6.02. The SMILES string of the molecule is CC(C)(C)c1cc(-n2cnnn2)c(C2CC2)cc1F. The zero-order chi connectivity index (χ0) is 13.6. The van der Waals surface area contributed by atoms with Gasteiger partial charge in [-0.25, -0.2) is 9.07 Å². The molecule has 1 aromatic heterocycles. The van der Waals surface area contributed by atoms with Crippen molar-refractivity contribution in [1.82, 2.24) is 20.2 Å². The van der Waals surface area contributed by atoms with Crippen LogP contribution in [0.25, 0.3) is 5.69 Å². The molecule has 1 aliphatic carbocycles. The molecule has 0 unspecified atom stereocenters. The first-order valence-electron chi connectivity index (χ1n) is 6.54. The van der Waals surface area contributed by atoms with Crippen LogP contribution in [0, 0.1) is 5.82 Å². The van der Waals surface area contributed by atoms with Crippen molar-refractivity contribution in [1.29, 1.82) is 0 Å². The van der Waals surface area contributed by atoms with Crippen LogP contribution in [0.2, 0.25) is 0 Å². The second kappa shape index (κ2) is 4.11. The molecule has 1 saturated carbocycles. The molecular formula is C14H17FN4. The van der Waals surface area contributed by atoms with Crippen LogP contribution in [0.1, 0.15) is 50.7 Å². The average Bonchev–Trinajstić information content (AvgIpc) is 3.03. The van der Waals surface area contributed by atoms with Crippen LogP contribution in [0.3, 0.4) is 0 Å². The van der Waals surface area contributed by atoms with Gasteiger partial charge in [0.1, 0.15) is 12.1 Å². The first-order chi connectivity index (χ1) is 8.97. The summed E-state index contributed by atoms with van der Waals surface area (Å²) in [5.74, 6) is 0.314. The Morgan fingerprint density at radius 3 is 2.53 bits per heavy atom. The normalized spacial score (nSPS) is 15.8. The molecule has 0 radical (unpaired) electrons. The van der Waals surface area contributed by atoms with E-state index in [0.717, 1.165) is 24.1 Å². The summed E-state index contributed by atoms with van der Waals surface area (Å²) in [7, 11) is 0. The number of nitrogens with zero attached hydrogens (tertiary/aromatic N) is 4. The van der Waals surface area contributed by atoms with Gasteiger partial charge in [0.05, 0.1) is 5.69 Å². The summed E-state index contributed by atoms with van der Waals surface area (Å²) in [5.41, 5.74) is 2.37. The quantitative estimate of drug-likeness (QED) is 0.833. The zero-order valence-corrected chi connectivity index (χ0v) is 11.4. The number of benzene rings is 1. The van der Waals surface area contributed by atoms with Gasteiger partial charge in [-0.3, -0.25) is 0 Å². The molecule has 0 N–H and O–H groups in total. The van der Waals surface area contributed by atoms with E-state index in [1.54, 1.807) is 17.1 Å². The van der Waals surface area contributed by atoms with Gasteiger partial charge in [0.2, 0.25) is 0 Å². The minimum absolute atomic E-state index is 0.133. The van der Waals surface area contributed by atoms with Gasteiger partial charge >= 0.3 is 0 Å². The third kappa shape index (κ3) is 2.25. The Kier molecular flexibility index (Phi) is 2.66. The van der Waals surface area contributed by atoms with Crippen LogP contribution in [-0.2, 0) is 5.41 Å². The Morgan fingerprint density at radius 2 is 2.00 bits per heavy atom. The fourth-order valence-electron chi connectivity index (χ4n) is 2.34. The molecule has 0 atom stereocenters. The molecule has 1 aromatic carbocycles. The smallest absolute Gasteiger partial charge is 0.143 e. The van der Waals surface area contributed by atoms with Gasteiger partial charge in [0.25, 0.3) is 0 Å². The van der Waals surface area contributed by atoms with Crippen molar-refractivity contribution < 1.29 is 4.39 Å². The Bertz CT molecular complexity index is 595. The highest BCUT2D eigenvalue weighted by Crippen LogP contribution is 2.44. The molecule has 19 heavy (non-hydrogen) atoms. The Balaban J connectivity index is 2.19. The highest BCUT2D eigenvalue weighted by Gasteiger charge is 2.30. The number of halogens is 1. The highest BCUT2D eigenvalue weighted by molar-refractivity contribution is 5.49. The number of hydrogen-bond donors (Lipinski definition) is 0. The second-order valence-electron chi connectivity index (χ2n) is 6.17. The summed E-state index contributed by atoms with van der Waals surface area (Å²) in [4.78, 5) is 0. The number of aromatic nitrogens is 4. The van der Waals surface area contributed by atoms with E-state index in [0.29, 0.717) is 11.5 Å². The molecule has 4 nitrogen and oxygen atoms in total. The molecule has 0 spiro atoms. The van der Waals surface area contributed by atoms with Crippen molar-refractivity contribution in [2.75, 3.05) is 0 Å². The first-order valence-corrected chi connectivity index (χ1v) is 6.54. The lowest BCUT2D eigenvalue weighted by Gasteiger charge is -2.22. The van der Waals surface area contributed by atoms with Crippen LogP contribution in [-0.4, -0.2) is 20.2 Å². The minimum atomic E-state index is -0.241. The number of rotatable bonds is 2. The fraction of sp³-hybridized carbons (Fsp3) is 0.500. The van der Waals surface area contributed by atoms with Crippen LogP contribution in [0.5, 0.6) is 0 Å². The predicted octanol–water partition coefficient (Wildman–Crippen LogP) is 2.98. The van der Waals surface area contributed by atoms with Gasteiger partial charge < -0.3 is 0 Å². The van der Waals surface area contributed by atoms with Crippen molar-refractivity contribution >= 4 is 0 Å². The molecule has 0 amide bonds. The zero-order valence-electron chi connectivity index (χ0n) is 11.4. The summed E-state index contributed by atoms with van der Waals surface area (Å²) in [6, 6.07) is 3.55. The van der Waals surface area contributed by atoms with Crippen molar-refractivity contribution in [2.45, 2.75) is 44.9 Å². The number of tetrazole rings is 1. The molecular weight excluding hydrogens is 243 g/mol. The maximum Gasteiger partial charge on any atom is 0.143 e. The van der Waals surface area contributed by atoms with E-state index in [1.807, 2.05) is 26.8 Å². The minimum Gasteiger partial charge on any atom is -0.207 e. The average molecular weight is 260 g/mol. The standard InChI is InChI=1S/C14H17FN4/c1-14(2,3)11-7-13(19-8-16-17-18-19)10(6-12(11)15)9-4-5-9/h6-9H,4-5H2,1-3H3. The van der Waals surface area contributed by atoms with Crippen LogP contribution < -0.4 is 0 Å². The molecule has 0 aliphatic heterocycles. The Hall–Kier alpha value is -1.78. The molecule has 5 heteroatoms. The van der Waals surface area contributed by atoms with E-state index in [1.165, 1.54) is 0 Å². The van der Waals surface area contributed by atoms with E-state index >= 15 is 0 Å². The lowest BCUT2D eigenvalue weighted by atomic mass is 9.85. The Labute approximate surface area is 111 Å². The molecule has 1 aliphatic rings. The largest absolute Gasteiger partial charge is 0.207 e. The summed E-state index contributed by atoms with van der Waals surface area (Å²) in [5, 5.41) is 11.3. The molecule has 100 valence electrons. The maximum absolute atomic E-state index is 14.3. The molecule has 0 saturated heterocycles. The van der Waals surface area contributed by atoms with Crippen LogP contribution in [0.15, 0.2) is 18.5 Å². The summed E-state index contributed by atoms with van der Waals surface area (Å²) in [6.07, 6.45) is 3.79. The molecule has 1 fully saturated rings. The third-order valence-corrected chi connectivity index (χ3v) is 3.54. The van der Waals surface area contributed by atoms with E-state index in [2.05, 4.69) is 15.5 Å². The van der Waals surface area contributed by atoms with Gasteiger partial charge in [-0.2, -0.15) is 0 Å². The first kappa shape index (κ1) is 12.3. The van der Waals surface area contributed by atoms with E-state index in [-0.39, 0.29) is 11.2 Å². The molecule has 3 rings (SSSR count).